The van der Waals surface area contributed by atoms with Crippen LogP contribution in [-0.2, 0) is 14.8 Å². The van der Waals surface area contributed by atoms with Crippen molar-refractivity contribution in [1.29, 1.82) is 0 Å². The molecule has 3 aromatic rings. The van der Waals surface area contributed by atoms with Gasteiger partial charge in [-0.3, -0.25) is 4.72 Å². The normalized spacial score (nSPS) is 11.4. The molecule has 0 aliphatic heterocycles. The van der Waals surface area contributed by atoms with Crippen LogP contribution in [0.25, 0.3) is 11.0 Å². The van der Waals surface area contributed by atoms with E-state index in [1.165, 1.54) is 43.5 Å². The molecule has 0 saturated carbocycles. The van der Waals surface area contributed by atoms with Crippen molar-refractivity contribution in [2.45, 2.75) is 4.90 Å². The highest BCUT2D eigenvalue weighted by atomic mass is 32.2. The highest BCUT2D eigenvalue weighted by molar-refractivity contribution is 7.92. The number of fused-ring (bicyclic) bond motifs is 1. The minimum atomic E-state index is -3.83. The van der Waals surface area contributed by atoms with Gasteiger partial charge in [-0.25, -0.2) is 18.0 Å². The van der Waals surface area contributed by atoms with Crippen LogP contribution in [0, 0.1) is 0 Å². The number of carbonyl (C=O) groups excluding carboxylic acids is 1. The Bertz CT molecular complexity index is 1060. The highest BCUT2D eigenvalue weighted by Crippen LogP contribution is 2.19. The fourth-order valence-electron chi connectivity index (χ4n) is 2.20. The van der Waals surface area contributed by atoms with Gasteiger partial charge in [0.2, 0.25) is 0 Å². The van der Waals surface area contributed by atoms with Crippen molar-refractivity contribution in [1.82, 2.24) is 9.97 Å². The summed E-state index contributed by atoms with van der Waals surface area (Å²) in [5.74, 6) is -0.547. The Morgan fingerprint density at radius 2 is 1.71 bits per heavy atom. The molecular weight excluding hydrogens is 334 g/mol. The number of imidazole rings is 1. The summed E-state index contributed by atoms with van der Waals surface area (Å²) in [5.41, 5.74) is 1.24. The Labute approximate surface area is 136 Å². The van der Waals surface area contributed by atoms with Gasteiger partial charge in [0.25, 0.3) is 10.0 Å². The SMILES string of the molecule is COC(=O)c1ccc(S(=O)(=O)Nc2ccc3[nH]c(=O)[nH]c3c2)cc1. The predicted octanol–water partition coefficient (Wildman–Crippen LogP) is 1.44. The fraction of sp³-hybridized carbons (Fsp3) is 0.0667. The van der Waals surface area contributed by atoms with Gasteiger partial charge in [0.1, 0.15) is 0 Å². The lowest BCUT2D eigenvalue weighted by atomic mass is 10.2. The van der Waals surface area contributed by atoms with Gasteiger partial charge >= 0.3 is 11.7 Å². The molecule has 0 amide bonds. The van der Waals surface area contributed by atoms with Crippen molar-refractivity contribution in [3.8, 4) is 0 Å². The highest BCUT2D eigenvalue weighted by Gasteiger charge is 2.16. The number of benzene rings is 2. The Morgan fingerprint density at radius 3 is 2.38 bits per heavy atom. The first-order valence-corrected chi connectivity index (χ1v) is 8.30. The molecule has 0 spiro atoms. The molecule has 0 bridgehead atoms. The van der Waals surface area contributed by atoms with Crippen LogP contribution in [0.5, 0.6) is 0 Å². The van der Waals surface area contributed by atoms with Crippen molar-refractivity contribution in [3.05, 3.63) is 58.5 Å². The Hall–Kier alpha value is -3.07. The van der Waals surface area contributed by atoms with Crippen molar-refractivity contribution in [2.75, 3.05) is 11.8 Å². The second-order valence-corrected chi connectivity index (χ2v) is 6.64. The number of aromatic amines is 2. The van der Waals surface area contributed by atoms with E-state index in [4.69, 9.17) is 0 Å². The topological polar surface area (TPSA) is 121 Å². The van der Waals surface area contributed by atoms with Gasteiger partial charge in [-0.1, -0.05) is 0 Å². The molecular formula is C15H13N3O5S. The number of methoxy groups -OCH3 is 1. The van der Waals surface area contributed by atoms with Gasteiger partial charge in [0.15, 0.2) is 0 Å². The maximum atomic E-state index is 12.4. The quantitative estimate of drug-likeness (QED) is 0.617. The summed E-state index contributed by atoms with van der Waals surface area (Å²) in [6.07, 6.45) is 0. The van der Waals surface area contributed by atoms with E-state index in [9.17, 15) is 18.0 Å². The van der Waals surface area contributed by atoms with Crippen LogP contribution in [0.4, 0.5) is 5.69 Å². The zero-order chi connectivity index (χ0) is 17.3. The first-order valence-electron chi connectivity index (χ1n) is 6.82. The molecule has 0 unspecified atom stereocenters. The lowest BCUT2D eigenvalue weighted by molar-refractivity contribution is 0.0600. The first kappa shape index (κ1) is 15.8. The van der Waals surface area contributed by atoms with Gasteiger partial charge in [0, 0.05) is 0 Å². The number of rotatable bonds is 4. The van der Waals surface area contributed by atoms with E-state index in [0.717, 1.165) is 0 Å². The third-order valence-electron chi connectivity index (χ3n) is 3.35. The number of sulfonamides is 1. The molecule has 0 aliphatic rings. The average molecular weight is 347 g/mol. The number of anilines is 1. The van der Waals surface area contributed by atoms with Crippen LogP contribution < -0.4 is 10.4 Å². The molecule has 3 rings (SSSR count). The van der Waals surface area contributed by atoms with Crippen molar-refractivity contribution >= 4 is 32.7 Å². The molecule has 2 aromatic carbocycles. The van der Waals surface area contributed by atoms with E-state index >= 15 is 0 Å². The van der Waals surface area contributed by atoms with E-state index in [-0.39, 0.29) is 16.1 Å². The minimum absolute atomic E-state index is 0.00203. The first-order chi connectivity index (χ1) is 11.4. The van der Waals surface area contributed by atoms with Crippen LogP contribution >= 0.6 is 0 Å². The van der Waals surface area contributed by atoms with Crippen LogP contribution in [0.1, 0.15) is 10.4 Å². The standard InChI is InChI=1S/C15H13N3O5S/c1-23-14(19)9-2-5-11(6-3-9)24(21,22)18-10-4-7-12-13(8-10)17-15(20)16-12/h2-8,18H,1H3,(H2,16,17,20). The van der Waals surface area contributed by atoms with Crippen LogP contribution in [-0.4, -0.2) is 31.5 Å². The Morgan fingerprint density at radius 1 is 1.04 bits per heavy atom. The van der Waals surface area contributed by atoms with Gasteiger partial charge in [-0.05, 0) is 42.5 Å². The number of H-pyrrole nitrogens is 2. The van der Waals surface area contributed by atoms with Gasteiger partial charge < -0.3 is 14.7 Å². The average Bonchev–Trinajstić information content (AvgIpc) is 2.93. The second kappa shape index (κ2) is 5.85. The smallest absolute Gasteiger partial charge is 0.337 e. The number of nitrogens with one attached hydrogen (secondary N) is 3. The number of ether oxygens (including phenoxy) is 1. The van der Waals surface area contributed by atoms with E-state index in [1.54, 1.807) is 6.07 Å². The number of esters is 1. The number of carbonyl (C=O) groups is 1. The monoisotopic (exact) mass is 347 g/mol. The van der Waals surface area contributed by atoms with E-state index in [0.29, 0.717) is 16.7 Å². The maximum Gasteiger partial charge on any atom is 0.337 e. The molecule has 9 heteroatoms. The van der Waals surface area contributed by atoms with E-state index in [1.807, 2.05) is 0 Å². The molecule has 0 atom stereocenters. The summed E-state index contributed by atoms with van der Waals surface area (Å²) in [6.45, 7) is 0. The molecule has 1 aromatic heterocycles. The Kier molecular flexibility index (Phi) is 3.86. The van der Waals surface area contributed by atoms with Gasteiger partial charge in [0.05, 0.1) is 34.3 Å². The van der Waals surface area contributed by atoms with Crippen LogP contribution in [0.2, 0.25) is 0 Å². The summed E-state index contributed by atoms with van der Waals surface area (Å²) in [4.78, 5) is 27.7. The summed E-state index contributed by atoms with van der Waals surface area (Å²) in [7, 11) is -2.58. The summed E-state index contributed by atoms with van der Waals surface area (Å²) in [5, 5.41) is 0. The van der Waals surface area contributed by atoms with Gasteiger partial charge in [-0.15, -0.1) is 0 Å². The summed E-state index contributed by atoms with van der Waals surface area (Å²) >= 11 is 0. The van der Waals surface area contributed by atoms with Crippen LogP contribution in [0.15, 0.2) is 52.2 Å². The molecule has 0 fully saturated rings. The van der Waals surface area contributed by atoms with Gasteiger partial charge in [-0.2, -0.15) is 0 Å². The fourth-order valence-corrected chi connectivity index (χ4v) is 3.25. The molecule has 124 valence electrons. The van der Waals surface area contributed by atoms with E-state index < -0.39 is 16.0 Å². The zero-order valence-corrected chi connectivity index (χ0v) is 13.3. The van der Waals surface area contributed by atoms with Crippen LogP contribution in [0.3, 0.4) is 0 Å². The molecule has 1 heterocycles. The zero-order valence-electron chi connectivity index (χ0n) is 12.5. The van der Waals surface area contributed by atoms with Crippen molar-refractivity contribution < 1.29 is 17.9 Å². The molecule has 0 saturated heterocycles. The molecule has 0 radical (unpaired) electrons. The molecule has 3 N–H and O–H groups in total. The lowest BCUT2D eigenvalue weighted by Gasteiger charge is -2.08. The summed E-state index contributed by atoms with van der Waals surface area (Å²) in [6, 6.07) is 9.99. The maximum absolute atomic E-state index is 12.4. The number of hydrogen-bond donors (Lipinski definition) is 3. The third-order valence-corrected chi connectivity index (χ3v) is 4.75. The molecule has 8 nitrogen and oxygen atoms in total. The van der Waals surface area contributed by atoms with Crippen molar-refractivity contribution in [3.63, 3.8) is 0 Å². The molecule has 24 heavy (non-hydrogen) atoms. The lowest BCUT2D eigenvalue weighted by Crippen LogP contribution is -2.13. The molecule has 0 aliphatic carbocycles. The summed E-state index contributed by atoms with van der Waals surface area (Å²) < 4.78 is 31.8. The second-order valence-electron chi connectivity index (χ2n) is 4.96. The van der Waals surface area contributed by atoms with Crippen molar-refractivity contribution in [2.24, 2.45) is 0 Å². The minimum Gasteiger partial charge on any atom is -0.465 e. The number of aromatic nitrogens is 2. The predicted molar refractivity (Wildman–Crippen MR) is 87.5 cm³/mol. The van der Waals surface area contributed by atoms with E-state index in [2.05, 4.69) is 19.4 Å². The largest absolute Gasteiger partial charge is 0.465 e. The number of hydrogen-bond acceptors (Lipinski definition) is 5. The Balaban J connectivity index is 1.89. The third kappa shape index (κ3) is 3.01.